The van der Waals surface area contributed by atoms with Gasteiger partial charge in [-0.15, -0.1) is 0 Å². The molecule has 2 aliphatic rings. The molecule has 1 aliphatic carbocycles. The Hall–Kier alpha value is -1.31. The third-order valence-corrected chi connectivity index (χ3v) is 4.53. The van der Waals surface area contributed by atoms with Crippen LogP contribution < -0.4 is 0 Å². The first kappa shape index (κ1) is 9.88. The second kappa shape index (κ2) is 3.34. The fraction of sp³-hybridized carbons (Fsp3) is 0.500. The van der Waals surface area contributed by atoms with Crippen molar-refractivity contribution in [3.63, 3.8) is 0 Å². The fourth-order valence-corrected chi connectivity index (χ4v) is 3.30. The molecule has 0 bridgehead atoms. The number of likely N-dealkylation sites (tertiary alicyclic amines) is 1. The molecule has 1 saturated carbocycles. The normalized spacial score (nSPS) is 30.7. The lowest BCUT2D eigenvalue weighted by atomic mass is 9.85. The highest BCUT2D eigenvalue weighted by Gasteiger charge is 2.59. The van der Waals surface area contributed by atoms with Crippen molar-refractivity contribution in [3.05, 3.63) is 35.9 Å². The fourth-order valence-electron chi connectivity index (χ4n) is 3.30. The van der Waals surface area contributed by atoms with E-state index in [9.17, 15) is 4.79 Å². The van der Waals surface area contributed by atoms with Crippen molar-refractivity contribution in [1.29, 1.82) is 0 Å². The summed E-state index contributed by atoms with van der Waals surface area (Å²) in [6.07, 6.45) is 3.43. The van der Waals surface area contributed by atoms with Gasteiger partial charge in [-0.05, 0) is 24.3 Å². The number of nitrogens with zero attached hydrogens (tertiary/aromatic N) is 1. The minimum Gasteiger partial charge on any atom is -0.339 e. The van der Waals surface area contributed by atoms with Crippen molar-refractivity contribution in [1.82, 2.24) is 4.90 Å². The quantitative estimate of drug-likeness (QED) is 0.694. The first-order valence-electron chi connectivity index (χ1n) is 6.05. The first-order chi connectivity index (χ1) is 7.78. The van der Waals surface area contributed by atoms with Crippen LogP contribution >= 0.6 is 0 Å². The van der Waals surface area contributed by atoms with Crippen LogP contribution in [0.3, 0.4) is 0 Å². The van der Waals surface area contributed by atoms with Crippen LogP contribution in [0.25, 0.3) is 0 Å². The molecule has 1 heterocycles. The van der Waals surface area contributed by atoms with Gasteiger partial charge < -0.3 is 4.90 Å². The maximum absolute atomic E-state index is 11.1. The van der Waals surface area contributed by atoms with Gasteiger partial charge in [-0.3, -0.25) is 4.79 Å². The zero-order chi connectivity index (χ0) is 11.2. The van der Waals surface area contributed by atoms with E-state index < -0.39 is 0 Å². The monoisotopic (exact) mass is 215 g/mol. The molecule has 16 heavy (non-hydrogen) atoms. The minimum atomic E-state index is 0.211. The summed E-state index contributed by atoms with van der Waals surface area (Å²) in [7, 11) is 0. The van der Waals surface area contributed by atoms with Gasteiger partial charge in [0.2, 0.25) is 6.41 Å². The Morgan fingerprint density at radius 2 is 2.00 bits per heavy atom. The van der Waals surface area contributed by atoms with E-state index in [0.29, 0.717) is 11.8 Å². The molecule has 1 aromatic carbocycles. The summed E-state index contributed by atoms with van der Waals surface area (Å²) in [4.78, 5) is 13.1. The molecule has 2 nitrogen and oxygen atoms in total. The second-order valence-corrected chi connectivity index (χ2v) is 5.17. The van der Waals surface area contributed by atoms with Crippen LogP contribution in [0.4, 0.5) is 0 Å². The van der Waals surface area contributed by atoms with Crippen molar-refractivity contribution in [2.75, 3.05) is 6.54 Å². The van der Waals surface area contributed by atoms with Gasteiger partial charge in [0.15, 0.2) is 0 Å². The summed E-state index contributed by atoms with van der Waals surface area (Å²) < 4.78 is 0. The molecule has 3 rings (SSSR count). The molecule has 2 heteroatoms. The molecule has 1 unspecified atom stereocenters. The number of carbonyl (C=O) groups excluding carboxylic acids is 1. The summed E-state index contributed by atoms with van der Waals surface area (Å²) in [5.74, 6) is 1.12. The number of rotatable bonds is 2. The van der Waals surface area contributed by atoms with Gasteiger partial charge in [-0.25, -0.2) is 0 Å². The lowest BCUT2D eigenvalue weighted by Gasteiger charge is -2.22. The zero-order valence-electron chi connectivity index (χ0n) is 9.60. The Morgan fingerprint density at radius 1 is 1.31 bits per heavy atom. The third kappa shape index (κ3) is 1.22. The van der Waals surface area contributed by atoms with Crippen LogP contribution in [0.2, 0.25) is 0 Å². The van der Waals surface area contributed by atoms with Crippen LogP contribution in [-0.4, -0.2) is 23.4 Å². The van der Waals surface area contributed by atoms with E-state index >= 15 is 0 Å². The number of hydrogen-bond acceptors (Lipinski definition) is 1. The maximum Gasteiger partial charge on any atom is 0.210 e. The Kier molecular flexibility index (Phi) is 2.06. The molecule has 1 amide bonds. The molecule has 1 aromatic rings. The summed E-state index contributed by atoms with van der Waals surface area (Å²) in [5.41, 5.74) is 1.59. The Balaban J connectivity index is 1.92. The second-order valence-electron chi connectivity index (χ2n) is 5.17. The molecule has 0 N–H and O–H groups in total. The predicted molar refractivity (Wildman–Crippen MR) is 63.1 cm³/mol. The number of hydrogen-bond donors (Lipinski definition) is 0. The summed E-state index contributed by atoms with van der Waals surface area (Å²) in [5, 5.41) is 0. The smallest absolute Gasteiger partial charge is 0.210 e. The molecule has 2 atom stereocenters. The predicted octanol–water partition coefficient (Wildman–Crippen LogP) is 2.41. The molecule has 84 valence electrons. The van der Waals surface area contributed by atoms with Crippen LogP contribution in [0.1, 0.15) is 31.2 Å². The topological polar surface area (TPSA) is 20.3 Å². The molecule has 0 radical (unpaired) electrons. The first-order valence-corrected chi connectivity index (χ1v) is 6.05. The lowest BCUT2D eigenvalue weighted by molar-refractivity contribution is -0.119. The van der Waals surface area contributed by atoms with Gasteiger partial charge in [-0.2, -0.15) is 0 Å². The maximum atomic E-state index is 11.1. The third-order valence-electron chi connectivity index (χ3n) is 4.53. The summed E-state index contributed by atoms with van der Waals surface area (Å²) in [6, 6.07) is 10.6. The van der Waals surface area contributed by atoms with E-state index in [-0.39, 0.29) is 5.54 Å². The van der Waals surface area contributed by atoms with E-state index in [0.717, 1.165) is 13.0 Å². The largest absolute Gasteiger partial charge is 0.339 e. The molecular formula is C14H17NO. The van der Waals surface area contributed by atoms with E-state index in [1.54, 1.807) is 0 Å². The summed E-state index contributed by atoms with van der Waals surface area (Å²) >= 11 is 0. The number of benzene rings is 1. The Bertz CT molecular complexity index is 396. The van der Waals surface area contributed by atoms with E-state index in [1.807, 2.05) is 11.0 Å². The van der Waals surface area contributed by atoms with Gasteiger partial charge in [0.05, 0.1) is 0 Å². The molecule has 1 spiro atoms. The van der Waals surface area contributed by atoms with Crippen molar-refractivity contribution in [2.24, 2.45) is 5.92 Å². The molecule has 0 aromatic heterocycles. The van der Waals surface area contributed by atoms with Gasteiger partial charge in [0, 0.05) is 18.0 Å². The highest BCUT2D eigenvalue weighted by Crippen LogP contribution is 2.56. The van der Waals surface area contributed by atoms with Crippen LogP contribution in [0, 0.1) is 5.92 Å². The average Bonchev–Trinajstić information content (AvgIpc) is 3.07. The average molecular weight is 215 g/mol. The number of carbonyl (C=O) groups is 1. The van der Waals surface area contributed by atoms with Gasteiger partial charge >= 0.3 is 0 Å². The Morgan fingerprint density at radius 3 is 2.50 bits per heavy atom. The van der Waals surface area contributed by atoms with E-state index in [4.69, 9.17) is 0 Å². The standard InChI is InChI=1S/C14H17NO/c1-11-13(12-5-3-2-4-6-12)9-15(10-16)14(11)7-8-14/h2-6,10-11,13H,7-9H2,1H3/t11-,13?/m1/s1. The minimum absolute atomic E-state index is 0.211. The van der Waals surface area contributed by atoms with E-state index in [2.05, 4.69) is 31.2 Å². The van der Waals surface area contributed by atoms with Crippen molar-refractivity contribution in [2.45, 2.75) is 31.2 Å². The zero-order valence-corrected chi connectivity index (χ0v) is 9.60. The van der Waals surface area contributed by atoms with Crippen LogP contribution in [-0.2, 0) is 4.79 Å². The van der Waals surface area contributed by atoms with Crippen molar-refractivity contribution < 1.29 is 4.79 Å². The highest BCUT2D eigenvalue weighted by molar-refractivity contribution is 5.53. The SMILES string of the molecule is C[C@@H]1C(c2ccccc2)CN(C=O)C12CC2. The van der Waals surface area contributed by atoms with Crippen molar-refractivity contribution >= 4 is 6.41 Å². The summed E-state index contributed by atoms with van der Waals surface area (Å²) in [6.45, 7) is 3.20. The van der Waals surface area contributed by atoms with Crippen molar-refractivity contribution in [3.8, 4) is 0 Å². The lowest BCUT2D eigenvalue weighted by Crippen LogP contribution is -2.32. The van der Waals surface area contributed by atoms with Gasteiger partial charge in [-0.1, -0.05) is 37.3 Å². The molecule has 2 fully saturated rings. The van der Waals surface area contributed by atoms with E-state index in [1.165, 1.54) is 18.4 Å². The number of amides is 1. The van der Waals surface area contributed by atoms with Gasteiger partial charge in [0.25, 0.3) is 0 Å². The highest BCUT2D eigenvalue weighted by atomic mass is 16.1. The molecular weight excluding hydrogens is 198 g/mol. The molecule has 1 aliphatic heterocycles. The van der Waals surface area contributed by atoms with Crippen LogP contribution in [0.15, 0.2) is 30.3 Å². The Labute approximate surface area is 96.3 Å². The van der Waals surface area contributed by atoms with Gasteiger partial charge in [0.1, 0.15) is 0 Å². The van der Waals surface area contributed by atoms with Crippen LogP contribution in [0.5, 0.6) is 0 Å². The molecule has 1 saturated heterocycles.